The van der Waals surface area contributed by atoms with Gasteiger partial charge in [-0.1, -0.05) is 23.7 Å². The van der Waals surface area contributed by atoms with Crippen molar-refractivity contribution < 1.29 is 19.1 Å². The monoisotopic (exact) mass is 388 g/mol. The lowest BCUT2D eigenvalue weighted by atomic mass is 10.1. The molecule has 0 spiro atoms. The van der Waals surface area contributed by atoms with E-state index < -0.39 is 0 Å². The van der Waals surface area contributed by atoms with Crippen molar-refractivity contribution in [1.29, 1.82) is 0 Å². The molecule has 1 N–H and O–H groups in total. The van der Waals surface area contributed by atoms with E-state index in [9.17, 15) is 9.59 Å². The normalized spacial score (nSPS) is 12.4. The van der Waals surface area contributed by atoms with Crippen LogP contribution in [0, 0.1) is 0 Å². The molecule has 6 nitrogen and oxygen atoms in total. The highest BCUT2D eigenvalue weighted by atomic mass is 35.5. The molecule has 0 aromatic heterocycles. The second kappa shape index (κ2) is 8.77. The number of nitrogens with one attached hydrogen (secondary N) is 1. The van der Waals surface area contributed by atoms with Gasteiger partial charge in [0, 0.05) is 30.2 Å². The van der Waals surface area contributed by atoms with E-state index in [4.69, 9.17) is 21.1 Å². The van der Waals surface area contributed by atoms with Gasteiger partial charge in [-0.3, -0.25) is 9.59 Å². The number of hydrogen-bond donors (Lipinski definition) is 1. The van der Waals surface area contributed by atoms with E-state index in [1.807, 2.05) is 24.3 Å². The Hall–Kier alpha value is -2.73. The second-order valence-electron chi connectivity index (χ2n) is 6.22. The molecule has 27 heavy (non-hydrogen) atoms. The molecular formula is C20H21ClN2O4. The van der Waals surface area contributed by atoms with E-state index in [2.05, 4.69) is 5.32 Å². The van der Waals surface area contributed by atoms with Gasteiger partial charge in [-0.05, 0) is 36.2 Å². The molecule has 1 heterocycles. The summed E-state index contributed by atoms with van der Waals surface area (Å²) < 4.78 is 11.0. The zero-order valence-corrected chi connectivity index (χ0v) is 15.8. The van der Waals surface area contributed by atoms with Gasteiger partial charge in [-0.2, -0.15) is 0 Å². The molecule has 2 amide bonds. The van der Waals surface area contributed by atoms with Crippen LogP contribution in [0.15, 0.2) is 42.5 Å². The molecule has 2 aromatic rings. The Kier molecular flexibility index (Phi) is 6.19. The zero-order chi connectivity index (χ0) is 19.2. The molecule has 0 unspecified atom stereocenters. The van der Waals surface area contributed by atoms with E-state index in [-0.39, 0.29) is 18.4 Å². The molecule has 0 aliphatic carbocycles. The molecule has 0 saturated carbocycles. The Labute approximate surface area is 163 Å². The van der Waals surface area contributed by atoms with Crippen molar-refractivity contribution in [2.75, 3.05) is 31.6 Å². The fourth-order valence-corrected chi connectivity index (χ4v) is 2.88. The molecule has 7 heteroatoms. The highest BCUT2D eigenvalue weighted by Crippen LogP contribution is 2.32. The number of nitrogens with zero attached hydrogens (tertiary/aromatic N) is 1. The highest BCUT2D eigenvalue weighted by molar-refractivity contribution is 6.30. The summed E-state index contributed by atoms with van der Waals surface area (Å²) in [4.78, 5) is 25.8. The van der Waals surface area contributed by atoms with Crippen molar-refractivity contribution in [2.45, 2.75) is 13.3 Å². The average molecular weight is 389 g/mol. The van der Waals surface area contributed by atoms with Gasteiger partial charge in [0.05, 0.1) is 6.54 Å². The molecule has 142 valence electrons. The molecule has 0 atom stereocenters. The first-order chi connectivity index (χ1) is 13.0. The number of benzene rings is 2. The van der Waals surface area contributed by atoms with E-state index in [0.717, 1.165) is 5.56 Å². The molecule has 0 radical (unpaired) electrons. The quantitative estimate of drug-likeness (QED) is 0.825. The van der Waals surface area contributed by atoms with Gasteiger partial charge in [0.1, 0.15) is 13.2 Å². The molecule has 1 aliphatic rings. The molecular weight excluding hydrogens is 368 g/mol. The van der Waals surface area contributed by atoms with E-state index in [1.165, 1.54) is 11.8 Å². The predicted molar refractivity (Wildman–Crippen MR) is 103 cm³/mol. The number of halogens is 1. The Morgan fingerprint density at radius 1 is 1.07 bits per heavy atom. The zero-order valence-electron chi connectivity index (χ0n) is 15.0. The van der Waals surface area contributed by atoms with Crippen molar-refractivity contribution in [3.8, 4) is 11.5 Å². The minimum Gasteiger partial charge on any atom is -0.486 e. The number of rotatable bonds is 6. The molecule has 0 fully saturated rings. The Morgan fingerprint density at radius 3 is 2.48 bits per heavy atom. The van der Waals surface area contributed by atoms with Gasteiger partial charge in [0.25, 0.3) is 0 Å². The molecule has 3 rings (SSSR count). The van der Waals surface area contributed by atoms with Crippen molar-refractivity contribution in [3.05, 3.63) is 53.1 Å². The molecule has 0 saturated heterocycles. The molecule has 2 aromatic carbocycles. The van der Waals surface area contributed by atoms with Crippen molar-refractivity contribution in [3.63, 3.8) is 0 Å². The number of carbonyl (C=O) groups is 2. The van der Waals surface area contributed by atoms with Gasteiger partial charge in [0.15, 0.2) is 11.5 Å². The number of fused-ring (bicyclic) bond motifs is 1. The van der Waals surface area contributed by atoms with Crippen LogP contribution in [0.4, 0.5) is 5.69 Å². The van der Waals surface area contributed by atoms with Crippen LogP contribution in [-0.2, 0) is 16.0 Å². The summed E-state index contributed by atoms with van der Waals surface area (Å²) in [5, 5.41) is 3.46. The standard InChI is InChI=1S/C20H21ClN2O4/c1-14(24)23(9-8-15-2-4-16(21)5-3-15)13-20(25)22-17-6-7-18-19(12-17)27-11-10-26-18/h2-7,12H,8-11,13H2,1H3,(H,22,25). The van der Waals surface area contributed by atoms with Gasteiger partial charge in [0.2, 0.25) is 11.8 Å². The fourth-order valence-electron chi connectivity index (χ4n) is 2.76. The smallest absolute Gasteiger partial charge is 0.243 e. The van der Waals surface area contributed by atoms with Gasteiger partial charge in [-0.15, -0.1) is 0 Å². The first-order valence-electron chi connectivity index (χ1n) is 8.71. The minimum atomic E-state index is -0.266. The van der Waals surface area contributed by atoms with E-state index >= 15 is 0 Å². The maximum atomic E-state index is 12.4. The molecule has 0 bridgehead atoms. The second-order valence-corrected chi connectivity index (χ2v) is 6.66. The maximum Gasteiger partial charge on any atom is 0.243 e. The third-order valence-corrected chi connectivity index (χ3v) is 4.44. The lowest BCUT2D eigenvalue weighted by Gasteiger charge is -2.21. The summed E-state index contributed by atoms with van der Waals surface area (Å²) >= 11 is 5.88. The lowest BCUT2D eigenvalue weighted by Crippen LogP contribution is -2.38. The SMILES string of the molecule is CC(=O)N(CCc1ccc(Cl)cc1)CC(=O)Nc1ccc2c(c1)OCCO2. The van der Waals surface area contributed by atoms with Crippen LogP contribution >= 0.6 is 11.6 Å². The van der Waals surface area contributed by atoms with E-state index in [0.29, 0.717) is 48.4 Å². The van der Waals surface area contributed by atoms with E-state index in [1.54, 1.807) is 18.2 Å². The van der Waals surface area contributed by atoms with Crippen LogP contribution in [0.3, 0.4) is 0 Å². The maximum absolute atomic E-state index is 12.4. The largest absolute Gasteiger partial charge is 0.486 e. The van der Waals surface area contributed by atoms with Crippen LogP contribution in [0.1, 0.15) is 12.5 Å². The minimum absolute atomic E-state index is 0.0165. The van der Waals surface area contributed by atoms with Crippen LogP contribution in [0.5, 0.6) is 11.5 Å². The third-order valence-electron chi connectivity index (χ3n) is 4.19. The number of ether oxygens (including phenoxy) is 2. The summed E-state index contributed by atoms with van der Waals surface area (Å²) in [6.45, 7) is 2.88. The Bertz CT molecular complexity index is 823. The highest BCUT2D eigenvalue weighted by Gasteiger charge is 2.16. The number of anilines is 1. The summed E-state index contributed by atoms with van der Waals surface area (Å²) in [7, 11) is 0. The summed E-state index contributed by atoms with van der Waals surface area (Å²) in [5.41, 5.74) is 1.66. The first-order valence-corrected chi connectivity index (χ1v) is 9.08. The fraction of sp³-hybridized carbons (Fsp3) is 0.300. The number of hydrogen-bond acceptors (Lipinski definition) is 4. The topological polar surface area (TPSA) is 67.9 Å². The summed E-state index contributed by atoms with van der Waals surface area (Å²) in [5.74, 6) is 0.845. The Balaban J connectivity index is 1.56. The predicted octanol–water partition coefficient (Wildman–Crippen LogP) is 3.14. The van der Waals surface area contributed by atoms with Crippen LogP contribution in [0.25, 0.3) is 0 Å². The van der Waals surface area contributed by atoms with Crippen LogP contribution < -0.4 is 14.8 Å². The van der Waals surface area contributed by atoms with Gasteiger partial charge >= 0.3 is 0 Å². The average Bonchev–Trinajstić information content (AvgIpc) is 2.66. The number of carbonyl (C=O) groups excluding carboxylic acids is 2. The van der Waals surface area contributed by atoms with Crippen molar-refractivity contribution >= 4 is 29.1 Å². The van der Waals surface area contributed by atoms with Crippen LogP contribution in [-0.4, -0.2) is 43.0 Å². The summed E-state index contributed by atoms with van der Waals surface area (Å²) in [6.07, 6.45) is 0.647. The third kappa shape index (κ3) is 5.37. The lowest BCUT2D eigenvalue weighted by molar-refractivity contribution is -0.132. The Morgan fingerprint density at radius 2 is 1.78 bits per heavy atom. The van der Waals surface area contributed by atoms with Crippen molar-refractivity contribution in [2.24, 2.45) is 0 Å². The van der Waals surface area contributed by atoms with Gasteiger partial charge < -0.3 is 19.7 Å². The summed E-state index contributed by atoms with van der Waals surface area (Å²) in [6, 6.07) is 12.7. The first kappa shape index (κ1) is 19.0. The van der Waals surface area contributed by atoms with Crippen molar-refractivity contribution in [1.82, 2.24) is 4.90 Å². The van der Waals surface area contributed by atoms with Crippen LogP contribution in [0.2, 0.25) is 5.02 Å². The number of amides is 2. The van der Waals surface area contributed by atoms with Gasteiger partial charge in [-0.25, -0.2) is 0 Å². The molecule has 1 aliphatic heterocycles.